The first kappa shape index (κ1) is 22.6. The summed E-state index contributed by atoms with van der Waals surface area (Å²) in [5, 5.41) is 4.25. The summed E-state index contributed by atoms with van der Waals surface area (Å²) in [7, 11) is 0.648. The van der Waals surface area contributed by atoms with E-state index in [-0.39, 0.29) is 6.10 Å². The SMILES string of the molecule is CN(C)c1ccc([P@@](=O)(OC2CCCCC2)[C@H](Nc2ccccc2)c2cccnc2)cc1. The van der Waals surface area contributed by atoms with Gasteiger partial charge in [0, 0.05) is 48.7 Å². The van der Waals surface area contributed by atoms with Crippen molar-refractivity contribution in [2.75, 3.05) is 24.3 Å². The molecule has 1 aliphatic rings. The lowest BCUT2D eigenvalue weighted by Gasteiger charge is -2.34. The predicted octanol–water partition coefficient (Wildman–Crippen LogP) is 6.21. The van der Waals surface area contributed by atoms with Crippen LogP contribution in [0, 0.1) is 0 Å². The first-order valence-corrected chi connectivity index (χ1v) is 13.0. The van der Waals surface area contributed by atoms with Crippen LogP contribution in [0.1, 0.15) is 43.5 Å². The van der Waals surface area contributed by atoms with E-state index < -0.39 is 13.2 Å². The van der Waals surface area contributed by atoms with Crippen LogP contribution in [0.3, 0.4) is 0 Å². The van der Waals surface area contributed by atoms with Crippen molar-refractivity contribution in [1.82, 2.24) is 4.98 Å². The Morgan fingerprint density at radius 1 is 0.969 bits per heavy atom. The van der Waals surface area contributed by atoms with Crippen molar-refractivity contribution in [2.24, 2.45) is 0 Å². The fourth-order valence-corrected chi connectivity index (χ4v) is 6.84. The zero-order chi connectivity index (χ0) is 22.4. The molecule has 32 heavy (non-hydrogen) atoms. The van der Waals surface area contributed by atoms with E-state index in [1.54, 1.807) is 12.4 Å². The molecule has 6 heteroatoms. The lowest BCUT2D eigenvalue weighted by Crippen LogP contribution is -2.25. The molecule has 5 nitrogen and oxygen atoms in total. The third-order valence-electron chi connectivity index (χ3n) is 6.00. The molecular formula is C26H32N3O2P. The number of para-hydroxylation sites is 1. The van der Waals surface area contributed by atoms with Gasteiger partial charge in [-0.1, -0.05) is 43.5 Å². The zero-order valence-corrected chi connectivity index (χ0v) is 19.7. The molecule has 4 rings (SSSR count). The molecule has 168 valence electrons. The average Bonchev–Trinajstić information content (AvgIpc) is 2.84. The Morgan fingerprint density at radius 2 is 1.69 bits per heavy atom. The van der Waals surface area contributed by atoms with Crippen molar-refractivity contribution >= 4 is 24.0 Å². The van der Waals surface area contributed by atoms with Gasteiger partial charge < -0.3 is 14.7 Å². The Hall–Kier alpha value is -2.62. The molecule has 0 amide bonds. The Labute approximate surface area is 191 Å². The highest BCUT2D eigenvalue weighted by molar-refractivity contribution is 7.67. The molecule has 1 aromatic heterocycles. The van der Waals surface area contributed by atoms with E-state index in [9.17, 15) is 4.57 Å². The smallest absolute Gasteiger partial charge is 0.258 e. The number of benzene rings is 2. The molecule has 1 fully saturated rings. The lowest BCUT2D eigenvalue weighted by molar-refractivity contribution is 0.159. The average molecular weight is 450 g/mol. The third kappa shape index (κ3) is 5.23. The van der Waals surface area contributed by atoms with Crippen LogP contribution in [0.5, 0.6) is 0 Å². The molecular weight excluding hydrogens is 417 g/mol. The molecule has 1 saturated carbocycles. The van der Waals surface area contributed by atoms with E-state index in [0.29, 0.717) is 0 Å². The summed E-state index contributed by atoms with van der Waals surface area (Å²) >= 11 is 0. The quantitative estimate of drug-likeness (QED) is 0.414. The van der Waals surface area contributed by atoms with Gasteiger partial charge in [0.25, 0.3) is 7.37 Å². The molecule has 2 aromatic carbocycles. The molecule has 0 saturated heterocycles. The van der Waals surface area contributed by atoms with E-state index in [1.807, 2.05) is 85.7 Å². The first-order chi connectivity index (χ1) is 15.6. The number of aromatic nitrogens is 1. The number of rotatable bonds is 8. The van der Waals surface area contributed by atoms with Crippen LogP contribution in [-0.2, 0) is 9.09 Å². The van der Waals surface area contributed by atoms with Crippen LogP contribution in [0.15, 0.2) is 79.1 Å². The van der Waals surface area contributed by atoms with Crippen LogP contribution in [0.25, 0.3) is 0 Å². The maximum Gasteiger partial charge on any atom is 0.258 e. The van der Waals surface area contributed by atoms with Crippen LogP contribution >= 0.6 is 7.37 Å². The van der Waals surface area contributed by atoms with E-state index in [2.05, 4.69) is 10.3 Å². The standard InChI is InChI=1S/C26H32N3O2P/c1-29(2)23-15-17-25(18-16-23)32(30,31-24-13-7-4-8-14-24)26(21-10-9-19-27-20-21)28-22-11-5-3-6-12-22/h3,5-6,9-12,15-20,24,26,28H,4,7-8,13-14H2,1-2H3/t26-,32+/m0/s1. The molecule has 1 heterocycles. The van der Waals surface area contributed by atoms with Crippen molar-refractivity contribution < 1.29 is 9.09 Å². The molecule has 1 aliphatic carbocycles. The fraction of sp³-hybridized carbons (Fsp3) is 0.346. The van der Waals surface area contributed by atoms with Crippen molar-refractivity contribution in [3.63, 3.8) is 0 Å². The number of pyridine rings is 1. The number of hydrogen-bond donors (Lipinski definition) is 1. The van der Waals surface area contributed by atoms with Gasteiger partial charge in [0.05, 0.1) is 6.10 Å². The van der Waals surface area contributed by atoms with Crippen LogP contribution < -0.4 is 15.5 Å². The highest BCUT2D eigenvalue weighted by atomic mass is 31.2. The van der Waals surface area contributed by atoms with Gasteiger partial charge in [-0.25, -0.2) is 0 Å². The molecule has 0 unspecified atom stereocenters. The monoisotopic (exact) mass is 449 g/mol. The van der Waals surface area contributed by atoms with Gasteiger partial charge >= 0.3 is 0 Å². The number of anilines is 2. The second kappa shape index (κ2) is 10.3. The van der Waals surface area contributed by atoms with Crippen molar-refractivity contribution in [3.8, 4) is 0 Å². The molecule has 3 aromatic rings. The third-order valence-corrected chi connectivity index (χ3v) is 8.74. The van der Waals surface area contributed by atoms with Gasteiger partial charge in [0.2, 0.25) is 0 Å². The minimum atomic E-state index is -3.36. The second-order valence-corrected chi connectivity index (χ2v) is 11.0. The van der Waals surface area contributed by atoms with Crippen LogP contribution in [0.2, 0.25) is 0 Å². The minimum absolute atomic E-state index is 0.000136. The summed E-state index contributed by atoms with van der Waals surface area (Å²) in [4.78, 5) is 6.35. The van der Waals surface area contributed by atoms with Gasteiger partial charge in [-0.3, -0.25) is 9.55 Å². The summed E-state index contributed by atoms with van der Waals surface area (Å²) < 4.78 is 21.5. The maximum absolute atomic E-state index is 14.9. The summed E-state index contributed by atoms with van der Waals surface area (Å²) in [5.41, 5.74) is 2.82. The Kier molecular flexibility index (Phi) is 7.29. The summed E-state index contributed by atoms with van der Waals surface area (Å²) in [5.74, 6) is -0.536. The maximum atomic E-state index is 14.9. The first-order valence-electron chi connectivity index (χ1n) is 11.3. The molecule has 0 aliphatic heterocycles. The summed E-state index contributed by atoms with van der Waals surface area (Å²) in [6.07, 6.45) is 8.88. The van der Waals surface area contributed by atoms with Crippen LogP contribution in [-0.4, -0.2) is 25.2 Å². The van der Waals surface area contributed by atoms with Crippen molar-refractivity contribution in [1.29, 1.82) is 0 Å². The van der Waals surface area contributed by atoms with Crippen LogP contribution in [0.4, 0.5) is 11.4 Å². The summed E-state index contributed by atoms with van der Waals surface area (Å²) in [6.45, 7) is 0. The molecule has 0 bridgehead atoms. The van der Waals surface area contributed by atoms with Crippen molar-refractivity contribution in [2.45, 2.75) is 44.0 Å². The molecule has 0 radical (unpaired) electrons. The number of hydrogen-bond acceptors (Lipinski definition) is 5. The second-order valence-electron chi connectivity index (χ2n) is 8.57. The Morgan fingerprint density at radius 3 is 2.31 bits per heavy atom. The molecule has 0 spiro atoms. The van der Waals surface area contributed by atoms with E-state index in [0.717, 1.165) is 47.9 Å². The predicted molar refractivity (Wildman–Crippen MR) is 133 cm³/mol. The van der Waals surface area contributed by atoms with Gasteiger partial charge in [-0.05, 0) is 55.3 Å². The number of nitrogens with one attached hydrogen (secondary N) is 1. The highest BCUT2D eigenvalue weighted by Crippen LogP contribution is 2.60. The Bertz CT molecular complexity index is 1020. The fourth-order valence-electron chi connectivity index (χ4n) is 4.22. The molecule has 2 atom stereocenters. The lowest BCUT2D eigenvalue weighted by atomic mass is 9.98. The molecule has 1 N–H and O–H groups in total. The van der Waals surface area contributed by atoms with Gasteiger partial charge in [-0.15, -0.1) is 0 Å². The van der Waals surface area contributed by atoms with E-state index in [4.69, 9.17) is 4.52 Å². The highest BCUT2D eigenvalue weighted by Gasteiger charge is 2.40. The largest absolute Gasteiger partial charge is 0.378 e. The van der Waals surface area contributed by atoms with Gasteiger partial charge in [0.15, 0.2) is 0 Å². The Balaban J connectivity index is 1.79. The number of nitrogens with zero attached hydrogens (tertiary/aromatic N) is 2. The van der Waals surface area contributed by atoms with Gasteiger partial charge in [-0.2, -0.15) is 0 Å². The zero-order valence-electron chi connectivity index (χ0n) is 18.9. The topological polar surface area (TPSA) is 54.5 Å². The van der Waals surface area contributed by atoms with Gasteiger partial charge in [0.1, 0.15) is 5.78 Å². The van der Waals surface area contributed by atoms with Crippen molar-refractivity contribution in [3.05, 3.63) is 84.7 Å². The summed E-state index contributed by atoms with van der Waals surface area (Å²) in [6, 6.07) is 21.7. The minimum Gasteiger partial charge on any atom is -0.378 e. The normalized spacial score (nSPS) is 17.3. The van der Waals surface area contributed by atoms with E-state index in [1.165, 1.54) is 6.42 Å². The van der Waals surface area contributed by atoms with E-state index >= 15 is 0 Å².